The number of carbonyl (C=O) groups is 1. The number of hydrogen-bond acceptors (Lipinski definition) is 2. The predicted octanol–water partition coefficient (Wildman–Crippen LogP) is 1.08. The molecule has 1 aliphatic carbocycles. The van der Waals surface area contributed by atoms with Gasteiger partial charge < -0.3 is 10.4 Å². The highest BCUT2D eigenvalue weighted by atomic mass is 19.3. The average molecular weight is 219 g/mol. The highest BCUT2D eigenvalue weighted by Gasteiger charge is 2.19. The molecule has 0 aromatic heterocycles. The molecule has 0 aromatic carbocycles. The molecule has 0 aromatic rings. The highest BCUT2D eigenvalue weighted by Crippen LogP contribution is 2.19. The lowest BCUT2D eigenvalue weighted by Crippen LogP contribution is -2.36. The highest BCUT2D eigenvalue weighted by molar-refractivity contribution is 5.76. The molecule has 2 N–H and O–H groups in total. The van der Waals surface area contributed by atoms with Crippen molar-refractivity contribution >= 4 is 5.91 Å². The number of allylic oxidation sites excluding steroid dienone is 2. The Balaban J connectivity index is 2.15. The van der Waals surface area contributed by atoms with Crippen molar-refractivity contribution in [1.82, 2.24) is 5.32 Å². The van der Waals surface area contributed by atoms with Crippen LogP contribution in [0.5, 0.6) is 0 Å². The van der Waals surface area contributed by atoms with Crippen molar-refractivity contribution in [2.75, 3.05) is 6.54 Å². The molecule has 0 saturated carbocycles. The summed E-state index contributed by atoms with van der Waals surface area (Å²) >= 11 is 0. The number of aliphatic hydroxyl groups is 1. The Kier molecular flexibility index (Phi) is 4.68. The van der Waals surface area contributed by atoms with Gasteiger partial charge in [-0.15, -0.1) is 0 Å². The first kappa shape index (κ1) is 12.1. The normalized spacial score (nSPS) is 22.0. The molecule has 0 fully saturated rings. The first-order valence-corrected chi connectivity index (χ1v) is 4.99. The third kappa shape index (κ3) is 4.38. The quantitative estimate of drug-likeness (QED) is 0.680. The molecule has 0 saturated heterocycles. The summed E-state index contributed by atoms with van der Waals surface area (Å²) < 4.78 is 23.7. The van der Waals surface area contributed by atoms with Gasteiger partial charge in [-0.05, 0) is 18.8 Å². The van der Waals surface area contributed by atoms with Crippen LogP contribution < -0.4 is 5.32 Å². The summed E-state index contributed by atoms with van der Waals surface area (Å²) in [4.78, 5) is 11.2. The Labute approximate surface area is 87.2 Å². The maximum absolute atomic E-state index is 11.9. The largest absolute Gasteiger partial charge is 0.385 e. The van der Waals surface area contributed by atoms with Crippen molar-refractivity contribution in [2.24, 2.45) is 5.92 Å². The molecule has 1 rings (SSSR count). The van der Waals surface area contributed by atoms with Crippen LogP contribution >= 0.6 is 0 Å². The number of aliphatic hydroxyl groups excluding tert-OH is 1. The van der Waals surface area contributed by atoms with Crippen LogP contribution in [-0.4, -0.2) is 30.1 Å². The van der Waals surface area contributed by atoms with Crippen molar-refractivity contribution < 1.29 is 18.7 Å². The fourth-order valence-electron chi connectivity index (χ4n) is 1.48. The van der Waals surface area contributed by atoms with Gasteiger partial charge in [0.15, 0.2) is 0 Å². The zero-order chi connectivity index (χ0) is 11.3. The van der Waals surface area contributed by atoms with Gasteiger partial charge in [-0.3, -0.25) is 4.79 Å². The molecular weight excluding hydrogens is 204 g/mol. The maximum Gasteiger partial charge on any atom is 0.265 e. The van der Waals surface area contributed by atoms with Gasteiger partial charge in [-0.25, -0.2) is 8.78 Å². The van der Waals surface area contributed by atoms with Crippen molar-refractivity contribution in [3.05, 3.63) is 12.2 Å². The Hall–Kier alpha value is -0.970. The van der Waals surface area contributed by atoms with Crippen LogP contribution in [0.4, 0.5) is 8.78 Å². The molecule has 5 heteroatoms. The molecule has 2 atom stereocenters. The van der Waals surface area contributed by atoms with E-state index in [0.29, 0.717) is 6.42 Å². The number of amides is 1. The lowest BCUT2D eigenvalue weighted by atomic mass is 10.1. The van der Waals surface area contributed by atoms with E-state index in [1.807, 2.05) is 12.2 Å². The lowest BCUT2D eigenvalue weighted by Gasteiger charge is -2.12. The Bertz CT molecular complexity index is 244. The predicted molar refractivity (Wildman–Crippen MR) is 51.5 cm³/mol. The van der Waals surface area contributed by atoms with E-state index < -0.39 is 12.5 Å². The van der Waals surface area contributed by atoms with Crippen LogP contribution in [0, 0.1) is 5.92 Å². The second-order valence-electron chi connectivity index (χ2n) is 3.68. The van der Waals surface area contributed by atoms with Crippen LogP contribution in [0.1, 0.15) is 19.3 Å². The molecule has 0 heterocycles. The van der Waals surface area contributed by atoms with Gasteiger partial charge in [0.2, 0.25) is 5.91 Å². The monoisotopic (exact) mass is 219 g/mol. The maximum atomic E-state index is 11.9. The van der Waals surface area contributed by atoms with Gasteiger partial charge in [-0.2, -0.15) is 0 Å². The standard InChI is InChI=1S/C10H15F2NO2/c11-10(12)8(14)6-13-9(15)5-7-3-1-2-4-7/h1,3,7-8,10,14H,2,4-6H2,(H,13,15). The summed E-state index contributed by atoms with van der Waals surface area (Å²) in [6.45, 7) is -0.382. The summed E-state index contributed by atoms with van der Waals surface area (Å²) in [6, 6.07) is 0. The molecule has 0 aliphatic heterocycles. The van der Waals surface area contributed by atoms with Crippen molar-refractivity contribution in [2.45, 2.75) is 31.8 Å². The van der Waals surface area contributed by atoms with Gasteiger partial charge in [0.1, 0.15) is 6.10 Å². The first-order valence-electron chi connectivity index (χ1n) is 4.99. The third-order valence-corrected chi connectivity index (χ3v) is 2.36. The summed E-state index contributed by atoms with van der Waals surface area (Å²) in [7, 11) is 0. The molecule has 0 bridgehead atoms. The van der Waals surface area contributed by atoms with E-state index in [-0.39, 0.29) is 18.4 Å². The Morgan fingerprint density at radius 3 is 2.87 bits per heavy atom. The van der Waals surface area contributed by atoms with E-state index in [0.717, 1.165) is 12.8 Å². The number of alkyl halides is 2. The van der Waals surface area contributed by atoms with Gasteiger partial charge in [0.25, 0.3) is 6.43 Å². The van der Waals surface area contributed by atoms with Crippen molar-refractivity contribution in [3.8, 4) is 0 Å². The molecule has 0 spiro atoms. The average Bonchev–Trinajstić information content (AvgIpc) is 2.66. The van der Waals surface area contributed by atoms with Gasteiger partial charge >= 0.3 is 0 Å². The molecular formula is C10H15F2NO2. The number of halogens is 2. The molecule has 0 radical (unpaired) electrons. The summed E-state index contributed by atoms with van der Waals surface area (Å²) in [5, 5.41) is 11.0. The lowest BCUT2D eigenvalue weighted by molar-refractivity contribution is -0.122. The number of carbonyl (C=O) groups excluding carboxylic acids is 1. The SMILES string of the molecule is O=C(CC1C=CCC1)NCC(O)C(F)F. The smallest absolute Gasteiger partial charge is 0.265 e. The van der Waals surface area contributed by atoms with Crippen LogP contribution in [0.15, 0.2) is 12.2 Å². The zero-order valence-corrected chi connectivity index (χ0v) is 8.33. The molecule has 15 heavy (non-hydrogen) atoms. The summed E-state index contributed by atoms with van der Waals surface area (Å²) in [5.41, 5.74) is 0. The van der Waals surface area contributed by atoms with E-state index in [9.17, 15) is 13.6 Å². The molecule has 1 aliphatic rings. The minimum atomic E-state index is -2.81. The molecule has 86 valence electrons. The van der Waals surface area contributed by atoms with Gasteiger partial charge in [0, 0.05) is 13.0 Å². The summed E-state index contributed by atoms with van der Waals surface area (Å²) in [5.74, 6) is -0.0695. The third-order valence-electron chi connectivity index (χ3n) is 2.36. The molecule has 1 amide bonds. The first-order chi connectivity index (χ1) is 7.09. The van der Waals surface area contributed by atoms with Crippen molar-refractivity contribution in [1.29, 1.82) is 0 Å². The van der Waals surface area contributed by atoms with Crippen molar-refractivity contribution in [3.63, 3.8) is 0 Å². The van der Waals surface area contributed by atoms with Crippen LogP contribution in [0.2, 0.25) is 0 Å². The van der Waals surface area contributed by atoms with E-state index in [2.05, 4.69) is 5.32 Å². The zero-order valence-electron chi connectivity index (χ0n) is 8.33. The van der Waals surface area contributed by atoms with Crippen LogP contribution in [-0.2, 0) is 4.79 Å². The minimum absolute atomic E-state index is 0.216. The summed E-state index contributed by atoms with van der Waals surface area (Å²) in [6.07, 6.45) is 1.61. The number of nitrogens with one attached hydrogen (secondary N) is 1. The van der Waals surface area contributed by atoms with E-state index in [1.54, 1.807) is 0 Å². The molecule has 2 unspecified atom stereocenters. The van der Waals surface area contributed by atoms with Crippen LogP contribution in [0.3, 0.4) is 0 Å². The van der Waals surface area contributed by atoms with E-state index >= 15 is 0 Å². The Morgan fingerprint density at radius 2 is 2.33 bits per heavy atom. The minimum Gasteiger partial charge on any atom is -0.385 e. The topological polar surface area (TPSA) is 49.3 Å². The fraction of sp³-hybridized carbons (Fsp3) is 0.700. The number of rotatable bonds is 5. The fourth-order valence-corrected chi connectivity index (χ4v) is 1.48. The second kappa shape index (κ2) is 5.80. The van der Waals surface area contributed by atoms with E-state index in [4.69, 9.17) is 5.11 Å². The second-order valence-corrected chi connectivity index (χ2v) is 3.68. The Morgan fingerprint density at radius 1 is 1.60 bits per heavy atom. The van der Waals surface area contributed by atoms with Crippen LogP contribution in [0.25, 0.3) is 0 Å². The van der Waals surface area contributed by atoms with E-state index in [1.165, 1.54) is 0 Å². The number of hydrogen-bond donors (Lipinski definition) is 2. The van der Waals surface area contributed by atoms with Gasteiger partial charge in [-0.1, -0.05) is 12.2 Å². The van der Waals surface area contributed by atoms with Gasteiger partial charge in [0.05, 0.1) is 0 Å². The molecule has 3 nitrogen and oxygen atoms in total.